The van der Waals surface area contributed by atoms with Gasteiger partial charge in [0.1, 0.15) is 0 Å². The van der Waals surface area contributed by atoms with Crippen LogP contribution >= 0.6 is 0 Å². The largest absolute Gasteiger partial charge is 0.310 e. The van der Waals surface area contributed by atoms with Crippen LogP contribution in [-0.4, -0.2) is 4.57 Å². The van der Waals surface area contributed by atoms with E-state index in [9.17, 15) is 0 Å². The summed E-state index contributed by atoms with van der Waals surface area (Å²) < 4.78 is 2.39. The zero-order valence-electron chi connectivity index (χ0n) is 31.8. The highest BCUT2D eigenvalue weighted by atomic mass is 15.1. The third-order valence-electron chi connectivity index (χ3n) is 12.3. The maximum atomic E-state index is 2.45. The molecule has 0 unspecified atom stereocenters. The minimum absolute atomic E-state index is 0.107. The summed E-state index contributed by atoms with van der Waals surface area (Å²) in [4.78, 5) is 2.45. The second-order valence-electron chi connectivity index (χ2n) is 15.8. The van der Waals surface area contributed by atoms with Crippen LogP contribution in [0.25, 0.3) is 71.3 Å². The molecule has 9 aromatic carbocycles. The summed E-state index contributed by atoms with van der Waals surface area (Å²) >= 11 is 0. The molecule has 0 N–H and O–H groups in total. The Bertz CT molecular complexity index is 3130. The van der Waals surface area contributed by atoms with Gasteiger partial charge in [0.15, 0.2) is 0 Å². The number of fused-ring (bicyclic) bond motifs is 9. The number of rotatable bonds is 5. The van der Waals surface area contributed by atoms with Crippen molar-refractivity contribution in [2.24, 2.45) is 0 Å². The molecule has 0 fully saturated rings. The molecule has 0 saturated carbocycles. The van der Waals surface area contributed by atoms with Crippen LogP contribution in [-0.2, 0) is 5.41 Å². The van der Waals surface area contributed by atoms with E-state index in [0.717, 1.165) is 22.7 Å². The molecular formula is C54H40N2. The number of hydrogen-bond acceptors (Lipinski definition) is 1. The first kappa shape index (κ1) is 32.5. The fourth-order valence-electron chi connectivity index (χ4n) is 9.58. The van der Waals surface area contributed by atoms with Crippen molar-refractivity contribution in [3.63, 3.8) is 0 Å². The van der Waals surface area contributed by atoms with E-state index in [2.05, 4.69) is 218 Å². The predicted octanol–water partition coefficient (Wildman–Crippen LogP) is 14.8. The van der Waals surface area contributed by atoms with E-state index in [0.29, 0.717) is 0 Å². The molecule has 0 aliphatic heterocycles. The van der Waals surface area contributed by atoms with Gasteiger partial charge >= 0.3 is 0 Å². The first-order valence-electron chi connectivity index (χ1n) is 19.6. The Labute approximate surface area is 327 Å². The van der Waals surface area contributed by atoms with Crippen LogP contribution in [0.2, 0.25) is 0 Å². The second-order valence-corrected chi connectivity index (χ2v) is 15.8. The Balaban J connectivity index is 1.08. The van der Waals surface area contributed by atoms with E-state index in [4.69, 9.17) is 0 Å². The minimum Gasteiger partial charge on any atom is -0.310 e. The number of benzene rings is 9. The first-order chi connectivity index (χ1) is 27.5. The van der Waals surface area contributed by atoms with Crippen LogP contribution in [0, 0.1) is 6.92 Å². The fraction of sp³-hybridized carbons (Fsp3) is 0.0741. The summed E-state index contributed by atoms with van der Waals surface area (Å²) in [7, 11) is 0. The van der Waals surface area contributed by atoms with Crippen molar-refractivity contribution in [1.82, 2.24) is 4.57 Å². The quantitative estimate of drug-likeness (QED) is 0.161. The minimum atomic E-state index is -0.107. The molecule has 0 radical (unpaired) electrons. The number of anilines is 3. The van der Waals surface area contributed by atoms with Gasteiger partial charge in [-0.1, -0.05) is 135 Å². The molecule has 1 aliphatic rings. The van der Waals surface area contributed by atoms with E-state index < -0.39 is 0 Å². The number of aryl methyl sites for hydroxylation is 1. The smallest absolute Gasteiger partial charge is 0.0541 e. The second kappa shape index (κ2) is 12.3. The van der Waals surface area contributed by atoms with Gasteiger partial charge in [0.05, 0.1) is 11.0 Å². The molecule has 0 saturated heterocycles. The van der Waals surface area contributed by atoms with Crippen molar-refractivity contribution >= 4 is 60.4 Å². The molecule has 1 aliphatic carbocycles. The maximum Gasteiger partial charge on any atom is 0.0541 e. The lowest BCUT2D eigenvalue weighted by Gasteiger charge is -2.29. The molecule has 56 heavy (non-hydrogen) atoms. The topological polar surface area (TPSA) is 8.17 Å². The molecular weight excluding hydrogens is 677 g/mol. The highest BCUT2D eigenvalue weighted by Gasteiger charge is 2.35. The lowest BCUT2D eigenvalue weighted by molar-refractivity contribution is 0.660. The Morgan fingerprint density at radius 1 is 0.429 bits per heavy atom. The molecule has 0 bridgehead atoms. The van der Waals surface area contributed by atoms with Gasteiger partial charge in [-0.05, 0) is 134 Å². The van der Waals surface area contributed by atoms with E-state index in [1.807, 2.05) is 0 Å². The van der Waals surface area contributed by atoms with Gasteiger partial charge < -0.3 is 9.47 Å². The van der Waals surface area contributed by atoms with Crippen molar-refractivity contribution < 1.29 is 0 Å². The van der Waals surface area contributed by atoms with Gasteiger partial charge in [0.2, 0.25) is 0 Å². The summed E-state index contributed by atoms with van der Waals surface area (Å²) in [6, 6.07) is 69.4. The normalized spacial score (nSPS) is 13.1. The lowest BCUT2D eigenvalue weighted by Crippen LogP contribution is -2.17. The number of hydrogen-bond donors (Lipinski definition) is 0. The first-order valence-corrected chi connectivity index (χ1v) is 19.6. The van der Waals surface area contributed by atoms with Gasteiger partial charge in [-0.2, -0.15) is 0 Å². The molecule has 0 spiro atoms. The Morgan fingerprint density at radius 3 is 1.75 bits per heavy atom. The molecule has 10 aromatic rings. The summed E-state index contributed by atoms with van der Waals surface area (Å²) in [5.74, 6) is 0. The highest BCUT2D eigenvalue weighted by Crippen LogP contribution is 2.51. The fourth-order valence-corrected chi connectivity index (χ4v) is 9.58. The van der Waals surface area contributed by atoms with Crippen molar-refractivity contribution in [3.8, 4) is 27.9 Å². The average Bonchev–Trinajstić information content (AvgIpc) is 3.70. The summed E-state index contributed by atoms with van der Waals surface area (Å²) in [5.41, 5.74) is 16.0. The third kappa shape index (κ3) is 4.82. The summed E-state index contributed by atoms with van der Waals surface area (Å²) in [5, 5.41) is 7.65. The molecule has 1 aromatic heterocycles. The van der Waals surface area contributed by atoms with Gasteiger partial charge in [0.25, 0.3) is 0 Å². The number of nitrogens with zero attached hydrogens (tertiary/aromatic N) is 2. The molecule has 266 valence electrons. The van der Waals surface area contributed by atoms with Crippen LogP contribution in [0.5, 0.6) is 0 Å². The van der Waals surface area contributed by atoms with E-state index >= 15 is 0 Å². The number of para-hydroxylation sites is 2. The molecule has 2 heteroatoms. The van der Waals surface area contributed by atoms with E-state index in [1.54, 1.807) is 0 Å². The van der Waals surface area contributed by atoms with Crippen molar-refractivity contribution in [3.05, 3.63) is 205 Å². The average molecular weight is 717 g/mol. The third-order valence-corrected chi connectivity index (χ3v) is 12.3. The van der Waals surface area contributed by atoms with Crippen LogP contribution in [0.4, 0.5) is 17.1 Å². The van der Waals surface area contributed by atoms with E-state index in [1.165, 1.54) is 82.3 Å². The van der Waals surface area contributed by atoms with Gasteiger partial charge in [-0.25, -0.2) is 0 Å². The maximum absolute atomic E-state index is 2.45. The number of aromatic nitrogens is 1. The molecule has 1 heterocycles. The monoisotopic (exact) mass is 716 g/mol. The van der Waals surface area contributed by atoms with Crippen LogP contribution in [0.3, 0.4) is 0 Å². The van der Waals surface area contributed by atoms with Crippen molar-refractivity contribution in [2.45, 2.75) is 26.2 Å². The summed E-state index contributed by atoms with van der Waals surface area (Å²) in [6.45, 7) is 6.98. The highest BCUT2D eigenvalue weighted by molar-refractivity contribution is 6.14. The molecule has 0 amide bonds. The zero-order chi connectivity index (χ0) is 37.5. The standard InChI is InChI=1S/C54H40N2/c1-35-32-37(48-33-36-14-4-5-15-41(36)42-16-6-7-17-43(42)48)24-31-51(35)55(40-29-30-45-44-18-8-11-21-49(44)54(2,3)50(45)34-40)38-25-27-39(28-26-38)56-52-22-12-9-19-46(52)47-20-10-13-23-53(47)56/h4-34H,1-3H3. The van der Waals surface area contributed by atoms with Gasteiger partial charge in [-0.3, -0.25) is 0 Å². The lowest BCUT2D eigenvalue weighted by atomic mass is 9.82. The molecule has 0 atom stereocenters. The zero-order valence-corrected chi connectivity index (χ0v) is 31.8. The van der Waals surface area contributed by atoms with Crippen LogP contribution in [0.15, 0.2) is 188 Å². The van der Waals surface area contributed by atoms with Gasteiger partial charge in [-0.15, -0.1) is 0 Å². The predicted molar refractivity (Wildman–Crippen MR) is 238 cm³/mol. The molecule has 11 rings (SSSR count). The summed E-state index contributed by atoms with van der Waals surface area (Å²) in [6.07, 6.45) is 0. The van der Waals surface area contributed by atoms with Crippen molar-refractivity contribution in [1.29, 1.82) is 0 Å². The SMILES string of the molecule is Cc1cc(-c2cc3ccccc3c3ccccc23)ccc1N(c1ccc(-n2c3ccccc3c3ccccc32)cc1)c1ccc2c(c1)C(C)(C)c1ccccc1-2. The van der Waals surface area contributed by atoms with Crippen molar-refractivity contribution in [2.75, 3.05) is 4.90 Å². The Morgan fingerprint density at radius 2 is 1.02 bits per heavy atom. The van der Waals surface area contributed by atoms with Crippen LogP contribution < -0.4 is 4.90 Å². The van der Waals surface area contributed by atoms with E-state index in [-0.39, 0.29) is 5.41 Å². The Kier molecular flexibility index (Phi) is 7.15. The molecule has 2 nitrogen and oxygen atoms in total. The Hall–Kier alpha value is -6.90. The van der Waals surface area contributed by atoms with Crippen LogP contribution in [0.1, 0.15) is 30.5 Å². The van der Waals surface area contributed by atoms with Gasteiger partial charge in [0, 0.05) is 38.9 Å².